The molecule has 0 bridgehead atoms. The second-order valence-corrected chi connectivity index (χ2v) is 12.0. The Morgan fingerprint density at radius 3 is 2.05 bits per heavy atom. The molecule has 1 unspecified atom stereocenters. The summed E-state index contributed by atoms with van der Waals surface area (Å²) in [6.07, 6.45) is 1.42. The van der Waals surface area contributed by atoms with Crippen LogP contribution in [-0.2, 0) is 9.59 Å². The molecule has 3 N–H and O–H groups in total. The molecule has 0 aliphatic heterocycles. The van der Waals surface area contributed by atoms with Gasteiger partial charge in [-0.15, -0.1) is 11.8 Å². The van der Waals surface area contributed by atoms with Crippen molar-refractivity contribution >= 4 is 93.3 Å². The number of carbonyl (C=O) groups excluding carboxylic acids is 3. The summed E-state index contributed by atoms with van der Waals surface area (Å²) >= 11 is 26.0. The smallest absolute Gasteiger partial charge is 0.272 e. The van der Waals surface area contributed by atoms with Crippen LogP contribution in [0.1, 0.15) is 22.8 Å². The predicted octanol–water partition coefficient (Wildman–Crippen LogP) is 8.83. The molecule has 1 atom stereocenters. The summed E-state index contributed by atoms with van der Waals surface area (Å²) in [5.74, 6) is -1.33. The van der Waals surface area contributed by atoms with Gasteiger partial charge in [0.25, 0.3) is 11.8 Å². The number of amides is 3. The lowest BCUT2D eigenvalue weighted by Gasteiger charge is -2.15. The normalized spacial score (nSPS) is 11.9. The molecular formula is C31H23Cl4N3O3S. The summed E-state index contributed by atoms with van der Waals surface area (Å²) in [6.45, 7) is 1.75. The highest BCUT2D eigenvalue weighted by Gasteiger charge is 2.18. The molecule has 214 valence electrons. The van der Waals surface area contributed by atoms with E-state index in [0.29, 0.717) is 42.6 Å². The minimum absolute atomic E-state index is 0.0650. The lowest BCUT2D eigenvalue weighted by molar-refractivity contribution is -0.115. The third-order valence-electron chi connectivity index (χ3n) is 5.72. The molecule has 0 aliphatic rings. The molecule has 6 nitrogen and oxygen atoms in total. The zero-order valence-corrected chi connectivity index (χ0v) is 25.8. The summed E-state index contributed by atoms with van der Waals surface area (Å²) in [6, 6.07) is 25.2. The Hall–Kier alpha value is -3.46. The second-order valence-electron chi connectivity index (χ2n) is 8.90. The molecule has 0 aromatic heterocycles. The van der Waals surface area contributed by atoms with Crippen LogP contribution in [0.15, 0.2) is 102 Å². The molecule has 0 saturated heterocycles. The van der Waals surface area contributed by atoms with Crippen LogP contribution in [-0.4, -0.2) is 23.0 Å². The predicted molar refractivity (Wildman–Crippen MR) is 174 cm³/mol. The van der Waals surface area contributed by atoms with Crippen molar-refractivity contribution in [2.75, 3.05) is 10.6 Å². The van der Waals surface area contributed by atoms with Crippen LogP contribution in [0.3, 0.4) is 0 Å². The second kappa shape index (κ2) is 14.6. The van der Waals surface area contributed by atoms with Crippen molar-refractivity contribution in [2.24, 2.45) is 0 Å². The number of rotatable bonds is 9. The average molecular weight is 659 g/mol. The van der Waals surface area contributed by atoms with Crippen LogP contribution in [0.4, 0.5) is 11.4 Å². The van der Waals surface area contributed by atoms with Crippen molar-refractivity contribution in [1.29, 1.82) is 0 Å². The molecule has 4 rings (SSSR count). The molecule has 42 heavy (non-hydrogen) atoms. The van der Waals surface area contributed by atoms with Crippen molar-refractivity contribution in [3.63, 3.8) is 0 Å². The van der Waals surface area contributed by atoms with Crippen LogP contribution in [0, 0.1) is 0 Å². The van der Waals surface area contributed by atoms with Crippen molar-refractivity contribution in [2.45, 2.75) is 17.1 Å². The van der Waals surface area contributed by atoms with E-state index in [9.17, 15) is 14.4 Å². The van der Waals surface area contributed by atoms with Crippen LogP contribution < -0.4 is 16.0 Å². The monoisotopic (exact) mass is 657 g/mol. The van der Waals surface area contributed by atoms with Crippen LogP contribution >= 0.6 is 58.2 Å². The van der Waals surface area contributed by atoms with E-state index in [2.05, 4.69) is 16.0 Å². The Bertz CT molecular complexity index is 1620. The fraction of sp³-hybridized carbons (Fsp3) is 0.0645. The summed E-state index contributed by atoms with van der Waals surface area (Å²) in [5, 5.41) is 9.22. The number of hydrogen-bond donors (Lipinski definition) is 3. The first kappa shape index (κ1) is 31.5. The summed E-state index contributed by atoms with van der Waals surface area (Å²) in [7, 11) is 0. The third-order valence-corrected chi connectivity index (χ3v) is 7.91. The molecule has 0 radical (unpaired) electrons. The van der Waals surface area contributed by atoms with E-state index < -0.39 is 17.1 Å². The van der Waals surface area contributed by atoms with E-state index in [1.807, 2.05) is 6.07 Å². The minimum Gasteiger partial charge on any atom is -0.325 e. The van der Waals surface area contributed by atoms with E-state index in [1.165, 1.54) is 17.8 Å². The van der Waals surface area contributed by atoms with Crippen LogP contribution in [0.2, 0.25) is 20.1 Å². The molecule has 4 aromatic rings. The van der Waals surface area contributed by atoms with E-state index in [0.717, 1.165) is 4.90 Å². The summed E-state index contributed by atoms with van der Waals surface area (Å²) < 4.78 is 0. The van der Waals surface area contributed by atoms with Gasteiger partial charge in [0.1, 0.15) is 5.70 Å². The number of anilines is 2. The Kier molecular flexibility index (Phi) is 11.0. The molecule has 4 aromatic carbocycles. The van der Waals surface area contributed by atoms with Crippen molar-refractivity contribution < 1.29 is 14.4 Å². The third kappa shape index (κ3) is 8.77. The van der Waals surface area contributed by atoms with Crippen molar-refractivity contribution in [3.8, 4) is 0 Å². The highest BCUT2D eigenvalue weighted by Crippen LogP contribution is 2.29. The largest absolute Gasteiger partial charge is 0.325 e. The van der Waals surface area contributed by atoms with E-state index in [-0.39, 0.29) is 11.6 Å². The molecule has 11 heteroatoms. The zero-order valence-electron chi connectivity index (χ0n) is 22.0. The van der Waals surface area contributed by atoms with Gasteiger partial charge in [-0.1, -0.05) is 76.7 Å². The fourth-order valence-corrected chi connectivity index (χ4v) is 5.67. The van der Waals surface area contributed by atoms with Crippen LogP contribution in [0.5, 0.6) is 0 Å². The highest BCUT2D eigenvalue weighted by atomic mass is 35.5. The lowest BCUT2D eigenvalue weighted by Crippen LogP contribution is -2.30. The van der Waals surface area contributed by atoms with Gasteiger partial charge >= 0.3 is 0 Å². The number of benzene rings is 4. The van der Waals surface area contributed by atoms with Crippen LogP contribution in [0.25, 0.3) is 6.08 Å². The molecule has 0 saturated carbocycles. The molecule has 0 spiro atoms. The van der Waals surface area contributed by atoms with E-state index in [4.69, 9.17) is 46.4 Å². The summed E-state index contributed by atoms with van der Waals surface area (Å²) in [4.78, 5) is 39.9. The summed E-state index contributed by atoms with van der Waals surface area (Å²) in [5.41, 5.74) is 1.62. The zero-order chi connectivity index (χ0) is 30.2. The van der Waals surface area contributed by atoms with E-state index >= 15 is 0 Å². The maximum atomic E-state index is 13.4. The van der Waals surface area contributed by atoms with Gasteiger partial charge < -0.3 is 16.0 Å². The van der Waals surface area contributed by atoms with E-state index in [1.54, 1.807) is 91.9 Å². The highest BCUT2D eigenvalue weighted by molar-refractivity contribution is 8.00. The number of hydrogen-bond acceptors (Lipinski definition) is 4. The first-order valence-corrected chi connectivity index (χ1v) is 14.9. The van der Waals surface area contributed by atoms with Gasteiger partial charge in [-0.2, -0.15) is 0 Å². The Morgan fingerprint density at radius 1 is 0.738 bits per heavy atom. The number of halogens is 4. The average Bonchev–Trinajstić information content (AvgIpc) is 2.94. The quantitative estimate of drug-likeness (QED) is 0.124. The van der Waals surface area contributed by atoms with Gasteiger partial charge in [0, 0.05) is 47.5 Å². The van der Waals surface area contributed by atoms with Gasteiger partial charge in [-0.25, -0.2) is 0 Å². The first-order chi connectivity index (χ1) is 20.1. The molecule has 0 aliphatic carbocycles. The number of carbonyl (C=O) groups is 3. The number of nitrogens with one attached hydrogen (secondary N) is 3. The maximum Gasteiger partial charge on any atom is 0.272 e. The first-order valence-electron chi connectivity index (χ1n) is 12.5. The van der Waals surface area contributed by atoms with Gasteiger partial charge in [-0.3, -0.25) is 14.4 Å². The standard InChI is InChI=1S/C31H23Cl4N3O3S/c1-18(29(39)37-23-14-20(32)13-21(33)15-23)42-24-10-5-9-22(16-24)36-31(41)28(17-25-26(34)11-6-12-27(25)35)38-30(40)19-7-3-2-4-8-19/h2-18H,1H3,(H,36,41)(H,37,39)(H,38,40)/b28-17+. The molecule has 0 fully saturated rings. The Labute approximate surface area is 267 Å². The molecule has 3 amide bonds. The maximum absolute atomic E-state index is 13.4. The SMILES string of the molecule is CC(Sc1cccc(NC(=O)/C(=C\c2c(Cl)cccc2Cl)NC(=O)c2ccccc2)c1)C(=O)Nc1cc(Cl)cc(Cl)c1. The van der Waals surface area contributed by atoms with Gasteiger partial charge in [0.05, 0.1) is 5.25 Å². The lowest BCUT2D eigenvalue weighted by atomic mass is 10.1. The Morgan fingerprint density at radius 2 is 1.38 bits per heavy atom. The van der Waals surface area contributed by atoms with Gasteiger partial charge in [-0.05, 0) is 73.7 Å². The Balaban J connectivity index is 1.51. The molecular weight excluding hydrogens is 636 g/mol. The van der Waals surface area contributed by atoms with Gasteiger partial charge in [0.15, 0.2) is 0 Å². The van der Waals surface area contributed by atoms with Crippen molar-refractivity contribution in [3.05, 3.63) is 128 Å². The topological polar surface area (TPSA) is 87.3 Å². The van der Waals surface area contributed by atoms with Gasteiger partial charge in [0.2, 0.25) is 5.91 Å². The minimum atomic E-state index is -0.596. The number of thioether (sulfide) groups is 1. The fourth-order valence-electron chi connectivity index (χ4n) is 3.71. The van der Waals surface area contributed by atoms with Crippen molar-refractivity contribution in [1.82, 2.24) is 5.32 Å². The molecule has 0 heterocycles.